The summed E-state index contributed by atoms with van der Waals surface area (Å²) in [4.78, 5) is 0.646. The van der Waals surface area contributed by atoms with Crippen LogP contribution in [0.25, 0.3) is 0 Å². The van der Waals surface area contributed by atoms with E-state index in [-0.39, 0.29) is 10.8 Å². The molecule has 1 aromatic rings. The van der Waals surface area contributed by atoms with Crippen molar-refractivity contribution in [3.05, 3.63) is 23.4 Å². The van der Waals surface area contributed by atoms with Crippen LogP contribution in [0.1, 0.15) is 0 Å². The monoisotopic (exact) mass is 171 g/mol. The molecule has 0 heterocycles. The maximum absolute atomic E-state index is 10.8. The maximum atomic E-state index is 10.8. The van der Waals surface area contributed by atoms with Crippen LogP contribution in [-0.4, -0.2) is 12.2 Å². The number of quaternary nitrogens is 1. The quantitative estimate of drug-likeness (QED) is 0.324. The number of thiol groups is 1. The highest BCUT2D eigenvalue weighted by molar-refractivity contribution is 7.80. The molecule has 1 unspecified atom stereocenters. The molecule has 0 aliphatic heterocycles. The first-order chi connectivity index (χ1) is 5.11. The third kappa shape index (κ3) is 1.86. The molecule has 3 nitrogen and oxygen atoms in total. The fourth-order valence-corrected chi connectivity index (χ4v) is 1.01. The van der Waals surface area contributed by atoms with Crippen molar-refractivity contribution in [3.8, 4) is 5.75 Å². The summed E-state index contributed by atoms with van der Waals surface area (Å²) in [5.74, 6) is -0.00926. The van der Waals surface area contributed by atoms with E-state index in [1.165, 1.54) is 13.1 Å². The van der Waals surface area contributed by atoms with Gasteiger partial charge in [0.25, 0.3) is 0 Å². The summed E-state index contributed by atoms with van der Waals surface area (Å²) >= 11 is 4.00. The highest BCUT2D eigenvalue weighted by Gasteiger charge is 2.04. The molecule has 0 aliphatic rings. The van der Waals surface area contributed by atoms with Crippen molar-refractivity contribution in [2.75, 3.05) is 7.05 Å². The topological polar surface area (TPSA) is 47.7 Å². The number of nitrogens with one attached hydrogen (secondary N) is 1. The third-order valence-electron chi connectivity index (χ3n) is 1.36. The summed E-state index contributed by atoms with van der Waals surface area (Å²) in [6, 6.07) is 4.67. The molecule has 0 fully saturated rings. The Labute approximate surface area is 70.3 Å². The molecule has 4 heteroatoms. The molecule has 60 valence electrons. The van der Waals surface area contributed by atoms with E-state index in [2.05, 4.69) is 12.6 Å². The van der Waals surface area contributed by atoms with Crippen molar-refractivity contribution in [1.82, 2.24) is 0 Å². The molecule has 0 amide bonds. The van der Waals surface area contributed by atoms with E-state index in [4.69, 9.17) is 0 Å². The van der Waals surface area contributed by atoms with Crippen LogP contribution in [0.3, 0.4) is 0 Å². The molecule has 1 rings (SSSR count). The SMILES string of the molecule is C[NH+]([O-])c1ccc(S)cc1O. The number of phenolic OH excluding ortho intramolecular Hbond substituents is 1. The van der Waals surface area contributed by atoms with Gasteiger partial charge in [0.05, 0.1) is 7.05 Å². The first-order valence-electron chi connectivity index (χ1n) is 3.14. The van der Waals surface area contributed by atoms with Crippen LogP contribution < -0.4 is 5.06 Å². The minimum Gasteiger partial charge on any atom is -0.629 e. The lowest BCUT2D eigenvalue weighted by molar-refractivity contribution is -0.751. The maximum Gasteiger partial charge on any atom is 0.178 e. The van der Waals surface area contributed by atoms with Crippen molar-refractivity contribution in [3.63, 3.8) is 0 Å². The van der Waals surface area contributed by atoms with E-state index in [0.29, 0.717) is 10.6 Å². The zero-order chi connectivity index (χ0) is 8.43. The van der Waals surface area contributed by atoms with Gasteiger partial charge in [-0.15, -0.1) is 12.6 Å². The Bertz CT molecular complexity index is 263. The molecule has 0 aromatic heterocycles. The number of benzene rings is 1. The number of hydroxylamine groups is 1. The van der Waals surface area contributed by atoms with Crippen LogP contribution in [0.4, 0.5) is 5.69 Å². The number of phenols is 1. The summed E-state index contributed by atoms with van der Waals surface area (Å²) < 4.78 is 0. The second-order valence-electron chi connectivity index (χ2n) is 2.26. The van der Waals surface area contributed by atoms with Crippen molar-refractivity contribution in [2.45, 2.75) is 4.90 Å². The summed E-state index contributed by atoms with van der Waals surface area (Å²) in [6.45, 7) is 0. The summed E-state index contributed by atoms with van der Waals surface area (Å²) in [6.07, 6.45) is 0. The molecule has 0 radical (unpaired) electrons. The van der Waals surface area contributed by atoms with Crippen LogP contribution in [0.15, 0.2) is 23.1 Å². The minimum atomic E-state index is -0.143. The molecule has 0 spiro atoms. The minimum absolute atomic E-state index is 0.00926. The molecular weight excluding hydrogens is 162 g/mol. The predicted molar refractivity (Wildman–Crippen MR) is 45.3 cm³/mol. The Morgan fingerprint density at radius 1 is 1.55 bits per heavy atom. The zero-order valence-corrected chi connectivity index (χ0v) is 6.93. The molecule has 0 bridgehead atoms. The second-order valence-corrected chi connectivity index (χ2v) is 2.77. The van der Waals surface area contributed by atoms with Gasteiger partial charge in [-0.3, -0.25) is 0 Å². The fraction of sp³-hybridized carbons (Fsp3) is 0.143. The van der Waals surface area contributed by atoms with Crippen LogP contribution in [0, 0.1) is 5.21 Å². The van der Waals surface area contributed by atoms with E-state index in [1.54, 1.807) is 12.1 Å². The van der Waals surface area contributed by atoms with Crippen LogP contribution in [0.2, 0.25) is 0 Å². The zero-order valence-electron chi connectivity index (χ0n) is 6.03. The molecule has 0 aliphatic carbocycles. The van der Waals surface area contributed by atoms with Crippen molar-refractivity contribution >= 4 is 18.3 Å². The Kier molecular flexibility index (Phi) is 2.38. The van der Waals surface area contributed by atoms with Crippen LogP contribution >= 0.6 is 12.6 Å². The van der Waals surface area contributed by atoms with Gasteiger partial charge in [-0.1, -0.05) is 0 Å². The largest absolute Gasteiger partial charge is 0.629 e. The smallest absolute Gasteiger partial charge is 0.178 e. The molecule has 11 heavy (non-hydrogen) atoms. The standard InChI is InChI=1S/C7H9NO2S/c1-8(10)6-3-2-5(11)4-7(6)9/h2-4,8-9,11H,1H3. The van der Waals surface area contributed by atoms with E-state index in [0.717, 1.165) is 0 Å². The Hall–Kier alpha value is -0.710. The third-order valence-corrected chi connectivity index (χ3v) is 1.64. The number of hydrogen-bond acceptors (Lipinski definition) is 3. The van der Waals surface area contributed by atoms with Crippen molar-refractivity contribution in [2.24, 2.45) is 0 Å². The Morgan fingerprint density at radius 2 is 2.18 bits per heavy atom. The number of aromatic hydroxyl groups is 1. The Balaban J connectivity index is 3.09. The van der Waals surface area contributed by atoms with Gasteiger partial charge in [0.2, 0.25) is 0 Å². The highest BCUT2D eigenvalue weighted by Crippen LogP contribution is 2.21. The van der Waals surface area contributed by atoms with Gasteiger partial charge >= 0.3 is 0 Å². The van der Waals surface area contributed by atoms with Crippen LogP contribution in [0.5, 0.6) is 5.75 Å². The average molecular weight is 171 g/mol. The number of hydrogen-bond donors (Lipinski definition) is 3. The van der Waals surface area contributed by atoms with Gasteiger partial charge in [-0.2, -0.15) is 0 Å². The molecule has 2 N–H and O–H groups in total. The van der Waals surface area contributed by atoms with Gasteiger partial charge in [0, 0.05) is 11.0 Å². The van der Waals surface area contributed by atoms with E-state index in [9.17, 15) is 10.3 Å². The lowest BCUT2D eigenvalue weighted by Gasteiger charge is -2.16. The van der Waals surface area contributed by atoms with Gasteiger partial charge in [-0.25, -0.2) is 0 Å². The van der Waals surface area contributed by atoms with Gasteiger partial charge in [0.1, 0.15) is 0 Å². The first-order valence-corrected chi connectivity index (χ1v) is 3.59. The normalized spacial score (nSPS) is 13.0. The van der Waals surface area contributed by atoms with Crippen molar-refractivity contribution < 1.29 is 10.2 Å². The van der Waals surface area contributed by atoms with Gasteiger partial charge < -0.3 is 15.4 Å². The molecule has 0 saturated carbocycles. The van der Waals surface area contributed by atoms with Crippen LogP contribution in [-0.2, 0) is 0 Å². The van der Waals surface area contributed by atoms with Gasteiger partial charge in [-0.05, 0) is 12.1 Å². The van der Waals surface area contributed by atoms with E-state index < -0.39 is 0 Å². The van der Waals surface area contributed by atoms with Crippen molar-refractivity contribution in [1.29, 1.82) is 0 Å². The summed E-state index contributed by atoms with van der Waals surface area (Å²) in [5, 5.41) is 19.8. The Morgan fingerprint density at radius 3 is 2.64 bits per heavy atom. The molecule has 1 atom stereocenters. The van der Waals surface area contributed by atoms with E-state index >= 15 is 0 Å². The molecule has 1 aromatic carbocycles. The lowest BCUT2D eigenvalue weighted by atomic mass is 10.3. The second kappa shape index (κ2) is 3.13. The van der Waals surface area contributed by atoms with Gasteiger partial charge in [0.15, 0.2) is 11.4 Å². The average Bonchev–Trinajstić information content (AvgIpc) is 1.85. The number of rotatable bonds is 1. The fourth-order valence-electron chi connectivity index (χ4n) is 0.818. The van der Waals surface area contributed by atoms with E-state index in [1.807, 2.05) is 0 Å². The lowest BCUT2D eigenvalue weighted by Crippen LogP contribution is -2.98. The predicted octanol–water partition coefficient (Wildman–Crippen LogP) is 0.325. The summed E-state index contributed by atoms with van der Waals surface area (Å²) in [5.41, 5.74) is 0.336. The summed E-state index contributed by atoms with van der Waals surface area (Å²) in [7, 11) is 1.41. The molecule has 0 saturated heterocycles. The molecular formula is C7H9NO2S. The highest BCUT2D eigenvalue weighted by atomic mass is 32.1. The first kappa shape index (κ1) is 8.39.